The summed E-state index contributed by atoms with van der Waals surface area (Å²) in [4.78, 5) is 12.9. The van der Waals surface area contributed by atoms with Crippen molar-refractivity contribution >= 4 is 33.2 Å². The van der Waals surface area contributed by atoms with Crippen LogP contribution in [0.3, 0.4) is 0 Å². The highest BCUT2D eigenvalue weighted by molar-refractivity contribution is 7.92. The summed E-state index contributed by atoms with van der Waals surface area (Å²) in [6.07, 6.45) is 1.13. The minimum absolute atomic E-state index is 0.0801. The average Bonchev–Trinajstić information content (AvgIpc) is 2.82. The second kappa shape index (κ2) is 10.8. The molecule has 180 valence electrons. The van der Waals surface area contributed by atoms with Crippen LogP contribution in [0.4, 0.5) is 5.69 Å². The Morgan fingerprint density at radius 1 is 1.03 bits per heavy atom. The minimum Gasteiger partial charge on any atom is -0.497 e. The molecule has 0 radical (unpaired) electrons. The molecule has 0 spiro atoms. The van der Waals surface area contributed by atoms with Gasteiger partial charge in [0.05, 0.1) is 38.7 Å². The first-order chi connectivity index (χ1) is 16.1. The summed E-state index contributed by atoms with van der Waals surface area (Å²) in [6.45, 7) is 1.93. The van der Waals surface area contributed by atoms with Crippen LogP contribution in [0.15, 0.2) is 66.7 Å². The van der Waals surface area contributed by atoms with Crippen LogP contribution in [0.2, 0.25) is 5.02 Å². The normalized spacial score (nSPS) is 12.0. The number of nitrogens with zero attached hydrogens (tertiary/aromatic N) is 1. The molecule has 0 aliphatic carbocycles. The van der Waals surface area contributed by atoms with E-state index in [1.54, 1.807) is 74.9 Å². The van der Waals surface area contributed by atoms with Crippen LogP contribution in [-0.2, 0) is 16.6 Å². The van der Waals surface area contributed by atoms with Gasteiger partial charge in [-0.1, -0.05) is 29.8 Å². The lowest BCUT2D eigenvalue weighted by atomic mass is 10.1. The van der Waals surface area contributed by atoms with Crippen molar-refractivity contribution in [3.8, 4) is 11.5 Å². The van der Waals surface area contributed by atoms with Crippen molar-refractivity contribution in [2.45, 2.75) is 19.5 Å². The largest absolute Gasteiger partial charge is 0.497 e. The number of hydrogen-bond donors (Lipinski definition) is 1. The van der Waals surface area contributed by atoms with Gasteiger partial charge < -0.3 is 14.8 Å². The molecular weight excluding hydrogens is 476 g/mol. The third kappa shape index (κ3) is 6.01. The number of ether oxygens (including phenoxy) is 2. The zero-order valence-corrected chi connectivity index (χ0v) is 21.0. The molecule has 0 heterocycles. The Balaban J connectivity index is 1.80. The maximum atomic E-state index is 12.9. The fraction of sp³-hybridized carbons (Fsp3) is 0.240. The van der Waals surface area contributed by atoms with Gasteiger partial charge in [-0.2, -0.15) is 0 Å². The highest BCUT2D eigenvalue weighted by atomic mass is 35.5. The van der Waals surface area contributed by atoms with Gasteiger partial charge in [0.15, 0.2) is 0 Å². The molecule has 1 atom stereocenters. The summed E-state index contributed by atoms with van der Waals surface area (Å²) < 4.78 is 36.9. The van der Waals surface area contributed by atoms with Gasteiger partial charge in [0.2, 0.25) is 10.0 Å². The van der Waals surface area contributed by atoms with Gasteiger partial charge in [0.25, 0.3) is 5.91 Å². The second-order valence-corrected chi connectivity index (χ2v) is 10.0. The van der Waals surface area contributed by atoms with E-state index in [1.165, 1.54) is 4.31 Å². The number of amides is 1. The third-order valence-electron chi connectivity index (χ3n) is 5.34. The summed E-state index contributed by atoms with van der Waals surface area (Å²) in [7, 11) is -0.451. The molecule has 0 aromatic heterocycles. The number of halogens is 1. The van der Waals surface area contributed by atoms with Crippen molar-refractivity contribution in [2.75, 3.05) is 24.8 Å². The van der Waals surface area contributed by atoms with Crippen LogP contribution in [0, 0.1) is 0 Å². The van der Waals surface area contributed by atoms with E-state index in [2.05, 4.69) is 5.32 Å². The van der Waals surface area contributed by atoms with Gasteiger partial charge in [-0.3, -0.25) is 9.10 Å². The number of sulfonamides is 1. The fourth-order valence-corrected chi connectivity index (χ4v) is 4.57. The maximum absolute atomic E-state index is 12.9. The zero-order chi connectivity index (χ0) is 24.9. The first-order valence-electron chi connectivity index (χ1n) is 10.5. The van der Waals surface area contributed by atoms with Crippen molar-refractivity contribution in [1.29, 1.82) is 0 Å². The minimum atomic E-state index is -3.59. The number of nitrogens with one attached hydrogen (secondary N) is 1. The van der Waals surface area contributed by atoms with Crippen LogP contribution in [-0.4, -0.2) is 34.8 Å². The average molecular weight is 503 g/mol. The smallest absolute Gasteiger partial charge is 0.251 e. The number of hydrogen-bond acceptors (Lipinski definition) is 5. The van der Waals surface area contributed by atoms with Gasteiger partial charge in [-0.25, -0.2) is 8.42 Å². The van der Waals surface area contributed by atoms with Gasteiger partial charge in [-0.15, -0.1) is 0 Å². The van der Waals surface area contributed by atoms with Gasteiger partial charge >= 0.3 is 0 Å². The lowest BCUT2D eigenvalue weighted by Crippen LogP contribution is -2.30. The van der Waals surface area contributed by atoms with E-state index in [4.69, 9.17) is 21.1 Å². The van der Waals surface area contributed by atoms with Crippen molar-refractivity contribution in [1.82, 2.24) is 5.32 Å². The van der Waals surface area contributed by atoms with Gasteiger partial charge in [0, 0.05) is 16.1 Å². The Morgan fingerprint density at radius 2 is 1.71 bits per heavy atom. The highest BCUT2D eigenvalue weighted by Gasteiger charge is 2.20. The molecule has 7 nitrogen and oxygen atoms in total. The molecule has 3 aromatic carbocycles. The molecule has 1 N–H and O–H groups in total. The maximum Gasteiger partial charge on any atom is 0.251 e. The molecule has 0 bridgehead atoms. The Labute approximate surface area is 205 Å². The monoisotopic (exact) mass is 502 g/mol. The van der Waals surface area contributed by atoms with E-state index in [9.17, 15) is 13.2 Å². The van der Waals surface area contributed by atoms with E-state index in [0.717, 1.165) is 11.8 Å². The third-order valence-corrected chi connectivity index (χ3v) is 6.85. The Kier molecular flexibility index (Phi) is 8.06. The fourth-order valence-electron chi connectivity index (χ4n) is 3.50. The van der Waals surface area contributed by atoms with E-state index >= 15 is 0 Å². The first kappa shape index (κ1) is 25.4. The molecule has 0 unspecified atom stereocenters. The molecule has 0 saturated carbocycles. The number of methoxy groups -OCH3 is 2. The van der Waals surface area contributed by atoms with Crippen LogP contribution in [0.1, 0.15) is 34.5 Å². The number of carbonyl (C=O) groups excluding carboxylic acids is 1. The number of carbonyl (C=O) groups is 1. The molecule has 1 amide bonds. The molecule has 0 aliphatic heterocycles. The molecule has 0 aliphatic rings. The highest BCUT2D eigenvalue weighted by Crippen LogP contribution is 2.30. The molecule has 3 rings (SSSR count). The molecular formula is C25H27ClN2O5S. The summed E-state index contributed by atoms with van der Waals surface area (Å²) in [5.41, 5.74) is 2.28. The van der Waals surface area contributed by atoms with Gasteiger partial charge in [-0.05, 0) is 61.0 Å². The Hall–Kier alpha value is -3.23. The zero-order valence-electron chi connectivity index (χ0n) is 19.4. The summed E-state index contributed by atoms with van der Waals surface area (Å²) in [5.74, 6) is 0.980. The Bertz CT molecular complexity index is 1260. The van der Waals surface area contributed by atoms with E-state index in [1.807, 2.05) is 13.0 Å². The topological polar surface area (TPSA) is 84.9 Å². The van der Waals surface area contributed by atoms with Crippen molar-refractivity contribution in [2.24, 2.45) is 0 Å². The molecule has 0 fully saturated rings. The predicted molar refractivity (Wildman–Crippen MR) is 134 cm³/mol. The van der Waals surface area contributed by atoms with E-state index in [0.29, 0.717) is 33.3 Å². The summed E-state index contributed by atoms with van der Waals surface area (Å²) in [5, 5.41) is 3.42. The quantitative estimate of drug-likeness (QED) is 0.453. The van der Waals surface area contributed by atoms with Crippen molar-refractivity contribution < 1.29 is 22.7 Å². The lowest BCUT2D eigenvalue weighted by molar-refractivity contribution is 0.0939. The number of anilines is 1. The van der Waals surface area contributed by atoms with Crippen molar-refractivity contribution in [3.63, 3.8) is 0 Å². The molecule has 9 heteroatoms. The Morgan fingerprint density at radius 3 is 2.29 bits per heavy atom. The summed E-state index contributed by atoms with van der Waals surface area (Å²) in [6, 6.07) is 18.5. The van der Waals surface area contributed by atoms with Crippen LogP contribution in [0.25, 0.3) is 0 Å². The van der Waals surface area contributed by atoms with E-state index < -0.39 is 10.0 Å². The standard InChI is InChI=1S/C25H27ClN2O5S/c1-17(22-15-21(32-2)13-14-24(22)33-3)27-25(29)18-9-11-20(12-10-18)28(34(4,30)31)16-19-7-5-6-8-23(19)26/h5-15,17H,16H2,1-4H3,(H,27,29)/t17-/m1/s1. The van der Waals surface area contributed by atoms with Crippen LogP contribution < -0.4 is 19.1 Å². The molecule has 0 saturated heterocycles. The second-order valence-electron chi connectivity index (χ2n) is 7.71. The lowest BCUT2D eigenvalue weighted by Gasteiger charge is -2.23. The molecule has 34 heavy (non-hydrogen) atoms. The SMILES string of the molecule is COc1ccc(OC)c([C@@H](C)NC(=O)c2ccc(N(Cc3ccccc3Cl)S(C)(=O)=O)cc2)c1. The molecule has 3 aromatic rings. The number of benzene rings is 3. The van der Waals surface area contributed by atoms with Crippen LogP contribution in [0.5, 0.6) is 11.5 Å². The van der Waals surface area contributed by atoms with Crippen molar-refractivity contribution in [3.05, 3.63) is 88.4 Å². The van der Waals surface area contributed by atoms with Gasteiger partial charge in [0.1, 0.15) is 11.5 Å². The number of rotatable bonds is 9. The summed E-state index contributed by atoms with van der Waals surface area (Å²) >= 11 is 6.22. The van der Waals surface area contributed by atoms with E-state index in [-0.39, 0.29) is 18.5 Å². The van der Waals surface area contributed by atoms with Crippen LogP contribution >= 0.6 is 11.6 Å². The first-order valence-corrected chi connectivity index (χ1v) is 12.7. The predicted octanol–water partition coefficient (Wildman–Crippen LogP) is 4.81.